The molecule has 2 aromatic rings. The van der Waals surface area contributed by atoms with Crippen molar-refractivity contribution in [1.29, 1.82) is 0 Å². The second kappa shape index (κ2) is 7.02. The summed E-state index contributed by atoms with van der Waals surface area (Å²) < 4.78 is 20.9. The molecule has 0 aliphatic carbocycles. The predicted octanol–water partition coefficient (Wildman–Crippen LogP) is 1.37. The zero-order valence-corrected chi connectivity index (χ0v) is 14.8. The lowest BCUT2D eigenvalue weighted by Gasteiger charge is -2.20. The van der Waals surface area contributed by atoms with Gasteiger partial charge in [-0.05, 0) is 25.1 Å². The summed E-state index contributed by atoms with van der Waals surface area (Å²) in [5.41, 5.74) is 0.917. The van der Waals surface area contributed by atoms with Crippen LogP contribution in [0.3, 0.4) is 0 Å². The average molecular weight is 376 g/mol. The topological polar surface area (TPSA) is 113 Å². The quantitative estimate of drug-likeness (QED) is 0.490. The molecule has 1 aromatic carbocycles. The summed E-state index contributed by atoms with van der Waals surface area (Å²) in [5, 5.41) is 19.4. The molecule has 1 aliphatic rings. The van der Waals surface area contributed by atoms with E-state index in [1.54, 1.807) is 0 Å². The van der Waals surface area contributed by atoms with Crippen LogP contribution in [-0.2, 0) is 9.53 Å². The van der Waals surface area contributed by atoms with Crippen molar-refractivity contribution in [1.82, 2.24) is 19.9 Å². The Balaban J connectivity index is 1.84. The number of oxime groups is 1. The van der Waals surface area contributed by atoms with Crippen molar-refractivity contribution in [2.24, 2.45) is 5.16 Å². The lowest BCUT2D eigenvalue weighted by molar-refractivity contribution is -0.134. The van der Waals surface area contributed by atoms with E-state index in [9.17, 15) is 14.0 Å². The molecule has 0 spiro atoms. The SMILES string of the molecule is CC(=O)N(C)C1CN(c2ccc(-n3cc(C(C)=NO)nn3)c(F)c2)C(=O)O1. The molecule has 0 radical (unpaired) electrons. The number of halogens is 1. The van der Waals surface area contributed by atoms with Crippen LogP contribution in [0.4, 0.5) is 14.9 Å². The number of benzene rings is 1. The molecule has 1 atom stereocenters. The highest BCUT2D eigenvalue weighted by Gasteiger charge is 2.36. The standard InChI is InChI=1S/C16H17FN6O4/c1-9(19-26)13-7-23(20-18-13)14-5-4-11(6-12(14)17)22-8-15(27-16(22)25)21(3)10(2)24/h4-7,15,26H,8H2,1-3H3. The summed E-state index contributed by atoms with van der Waals surface area (Å²) in [6, 6.07) is 4.13. The second-order valence-electron chi connectivity index (χ2n) is 5.95. The van der Waals surface area contributed by atoms with Crippen molar-refractivity contribution in [3.05, 3.63) is 35.9 Å². The van der Waals surface area contributed by atoms with Crippen molar-refractivity contribution in [3.8, 4) is 5.69 Å². The molecular weight excluding hydrogens is 359 g/mol. The number of likely N-dealkylation sites (N-methyl/N-ethyl adjacent to an activating group) is 1. The molecule has 10 nitrogen and oxygen atoms in total. The minimum atomic E-state index is -0.739. The Bertz CT molecular complexity index is 927. The van der Waals surface area contributed by atoms with Gasteiger partial charge >= 0.3 is 6.09 Å². The number of aromatic nitrogens is 3. The fourth-order valence-electron chi connectivity index (χ4n) is 2.51. The number of carbonyl (C=O) groups is 2. The van der Waals surface area contributed by atoms with E-state index < -0.39 is 18.1 Å². The van der Waals surface area contributed by atoms with Gasteiger partial charge in [-0.2, -0.15) is 0 Å². The minimum absolute atomic E-state index is 0.0906. The molecule has 1 saturated heterocycles. The van der Waals surface area contributed by atoms with Crippen LogP contribution < -0.4 is 4.90 Å². The molecular formula is C16H17FN6O4. The number of anilines is 1. The summed E-state index contributed by atoms with van der Waals surface area (Å²) in [6.45, 7) is 2.98. The summed E-state index contributed by atoms with van der Waals surface area (Å²) in [6.07, 6.45) is 0.00388. The van der Waals surface area contributed by atoms with Gasteiger partial charge in [0, 0.05) is 14.0 Å². The maximum Gasteiger partial charge on any atom is 0.416 e. The molecule has 142 valence electrons. The number of ether oxygens (including phenoxy) is 1. The van der Waals surface area contributed by atoms with Gasteiger partial charge in [-0.25, -0.2) is 13.9 Å². The molecule has 3 rings (SSSR count). The summed E-state index contributed by atoms with van der Waals surface area (Å²) in [4.78, 5) is 26.0. The van der Waals surface area contributed by atoms with Crippen molar-refractivity contribution in [3.63, 3.8) is 0 Å². The first-order chi connectivity index (χ1) is 12.8. The number of nitrogens with zero attached hydrogens (tertiary/aromatic N) is 6. The van der Waals surface area contributed by atoms with Gasteiger partial charge in [-0.1, -0.05) is 10.4 Å². The van der Waals surface area contributed by atoms with E-state index in [1.807, 2.05) is 0 Å². The molecule has 0 saturated carbocycles. The Hall–Kier alpha value is -3.50. The highest BCUT2D eigenvalue weighted by molar-refractivity contribution is 5.96. The number of carbonyl (C=O) groups excluding carboxylic acids is 2. The lowest BCUT2D eigenvalue weighted by Crippen LogP contribution is -2.38. The Kier molecular flexibility index (Phi) is 4.75. The monoisotopic (exact) mass is 376 g/mol. The molecule has 27 heavy (non-hydrogen) atoms. The number of hydrogen-bond donors (Lipinski definition) is 1. The Morgan fingerprint density at radius 2 is 2.19 bits per heavy atom. The van der Waals surface area contributed by atoms with Crippen LogP contribution in [0.15, 0.2) is 29.6 Å². The third-order valence-electron chi connectivity index (χ3n) is 4.23. The largest absolute Gasteiger partial charge is 0.423 e. The Morgan fingerprint density at radius 1 is 1.44 bits per heavy atom. The number of rotatable bonds is 4. The van der Waals surface area contributed by atoms with E-state index in [0.717, 1.165) is 0 Å². The molecule has 1 aliphatic heterocycles. The van der Waals surface area contributed by atoms with Crippen molar-refractivity contribution in [2.45, 2.75) is 20.1 Å². The third kappa shape index (κ3) is 3.43. The van der Waals surface area contributed by atoms with Crippen molar-refractivity contribution >= 4 is 23.4 Å². The van der Waals surface area contributed by atoms with Gasteiger partial charge in [0.05, 0.1) is 18.4 Å². The normalized spacial score (nSPS) is 17.2. The van der Waals surface area contributed by atoms with E-state index in [-0.39, 0.29) is 29.5 Å². The van der Waals surface area contributed by atoms with E-state index in [0.29, 0.717) is 5.69 Å². The average Bonchev–Trinajstić information content (AvgIpc) is 3.27. The first-order valence-electron chi connectivity index (χ1n) is 7.94. The molecule has 0 bridgehead atoms. The fourth-order valence-corrected chi connectivity index (χ4v) is 2.51. The first kappa shape index (κ1) is 18.3. The molecule has 2 heterocycles. The van der Waals surface area contributed by atoms with Gasteiger partial charge < -0.3 is 14.8 Å². The molecule has 1 aromatic heterocycles. The Morgan fingerprint density at radius 3 is 2.81 bits per heavy atom. The lowest BCUT2D eigenvalue weighted by atomic mass is 10.2. The maximum absolute atomic E-state index is 14.6. The first-order valence-corrected chi connectivity index (χ1v) is 7.94. The molecule has 2 amide bonds. The highest BCUT2D eigenvalue weighted by Crippen LogP contribution is 2.26. The number of cyclic esters (lactones) is 1. The van der Waals surface area contributed by atoms with Crippen LogP contribution in [0.2, 0.25) is 0 Å². The van der Waals surface area contributed by atoms with Crippen LogP contribution in [0.5, 0.6) is 0 Å². The summed E-state index contributed by atoms with van der Waals surface area (Å²) >= 11 is 0. The van der Waals surface area contributed by atoms with Gasteiger partial charge in [-0.3, -0.25) is 9.69 Å². The van der Waals surface area contributed by atoms with Crippen LogP contribution in [-0.4, -0.2) is 62.6 Å². The van der Waals surface area contributed by atoms with Crippen LogP contribution in [0, 0.1) is 5.82 Å². The van der Waals surface area contributed by atoms with E-state index in [1.165, 1.54) is 59.8 Å². The molecule has 1 unspecified atom stereocenters. The van der Waals surface area contributed by atoms with Crippen molar-refractivity contribution < 1.29 is 23.9 Å². The predicted molar refractivity (Wildman–Crippen MR) is 91.4 cm³/mol. The fraction of sp³-hybridized carbons (Fsp3) is 0.312. The van der Waals surface area contributed by atoms with E-state index >= 15 is 0 Å². The van der Waals surface area contributed by atoms with Crippen molar-refractivity contribution in [2.75, 3.05) is 18.5 Å². The summed E-state index contributed by atoms with van der Waals surface area (Å²) in [7, 11) is 1.52. The van der Waals surface area contributed by atoms with Gasteiger partial charge in [-0.15, -0.1) is 5.10 Å². The number of amides is 2. The second-order valence-corrected chi connectivity index (χ2v) is 5.95. The zero-order valence-electron chi connectivity index (χ0n) is 14.8. The minimum Gasteiger partial charge on any atom is -0.423 e. The van der Waals surface area contributed by atoms with Gasteiger partial charge in [0.1, 0.15) is 17.1 Å². The maximum atomic E-state index is 14.6. The van der Waals surface area contributed by atoms with Gasteiger partial charge in [0.2, 0.25) is 5.91 Å². The Labute approximate surface area is 153 Å². The van der Waals surface area contributed by atoms with E-state index in [2.05, 4.69) is 15.5 Å². The van der Waals surface area contributed by atoms with Gasteiger partial charge in [0.25, 0.3) is 0 Å². The summed E-state index contributed by atoms with van der Waals surface area (Å²) in [5.74, 6) is -0.890. The molecule has 1 N–H and O–H groups in total. The zero-order chi connectivity index (χ0) is 19.7. The van der Waals surface area contributed by atoms with Crippen LogP contribution in [0.1, 0.15) is 19.5 Å². The third-order valence-corrected chi connectivity index (χ3v) is 4.23. The number of hydrogen-bond acceptors (Lipinski definition) is 7. The van der Waals surface area contributed by atoms with Crippen LogP contribution in [0.25, 0.3) is 5.69 Å². The molecule has 1 fully saturated rings. The van der Waals surface area contributed by atoms with Crippen LogP contribution >= 0.6 is 0 Å². The molecule has 11 heteroatoms. The van der Waals surface area contributed by atoms with Gasteiger partial charge in [0.15, 0.2) is 12.0 Å². The highest BCUT2D eigenvalue weighted by atomic mass is 19.1. The smallest absolute Gasteiger partial charge is 0.416 e. The van der Waals surface area contributed by atoms with E-state index in [4.69, 9.17) is 9.94 Å².